The number of pyridine rings is 1. The van der Waals surface area contributed by atoms with Crippen molar-refractivity contribution in [3.63, 3.8) is 0 Å². The van der Waals surface area contributed by atoms with Crippen LogP contribution in [0.5, 0.6) is 0 Å². The van der Waals surface area contributed by atoms with E-state index in [0.29, 0.717) is 11.3 Å². The van der Waals surface area contributed by atoms with Gasteiger partial charge in [0.05, 0.1) is 5.56 Å². The molecule has 1 atom stereocenters. The van der Waals surface area contributed by atoms with Crippen LogP contribution in [0.25, 0.3) is 0 Å². The van der Waals surface area contributed by atoms with E-state index >= 15 is 0 Å². The van der Waals surface area contributed by atoms with Gasteiger partial charge in [0.2, 0.25) is 0 Å². The molecule has 1 heterocycles. The Morgan fingerprint density at radius 2 is 1.83 bits per heavy atom. The van der Waals surface area contributed by atoms with Gasteiger partial charge >= 0.3 is 5.97 Å². The Balaban J connectivity index is 2.02. The normalized spacial score (nSPS) is 17.4. The molecule has 1 aliphatic carbocycles. The zero-order valence-corrected chi connectivity index (χ0v) is 19.1. The Labute approximate surface area is 177 Å². The number of hydrogen-bond acceptors (Lipinski definition) is 2. The molecule has 160 valence electrons. The van der Waals surface area contributed by atoms with Gasteiger partial charge in [-0.25, -0.2) is 4.79 Å². The highest BCUT2D eigenvalue weighted by Gasteiger charge is 2.28. The summed E-state index contributed by atoms with van der Waals surface area (Å²) >= 11 is 0. The molecular formula is C26H39NO2. The number of unbranched alkanes of at least 4 members (excludes halogenated alkanes) is 2. The molecule has 0 bridgehead atoms. The van der Waals surface area contributed by atoms with E-state index in [1.54, 1.807) is 22.8 Å². The number of carboxylic acids is 1. The van der Waals surface area contributed by atoms with Gasteiger partial charge in [-0.2, -0.15) is 0 Å². The molecule has 29 heavy (non-hydrogen) atoms. The molecule has 0 saturated heterocycles. The summed E-state index contributed by atoms with van der Waals surface area (Å²) in [6.07, 6.45) is 14.5. The van der Waals surface area contributed by atoms with Crippen LogP contribution in [0.1, 0.15) is 102 Å². The van der Waals surface area contributed by atoms with Crippen molar-refractivity contribution >= 4 is 5.97 Å². The number of aromatic nitrogens is 1. The number of nitrogens with zero attached hydrogens (tertiary/aromatic N) is 1. The zero-order valence-electron chi connectivity index (χ0n) is 19.1. The molecule has 1 aliphatic rings. The molecule has 1 aromatic rings. The van der Waals surface area contributed by atoms with Gasteiger partial charge in [-0.15, -0.1) is 0 Å². The van der Waals surface area contributed by atoms with Gasteiger partial charge in [0.15, 0.2) is 0 Å². The average molecular weight is 398 g/mol. The van der Waals surface area contributed by atoms with Crippen molar-refractivity contribution in [2.24, 2.45) is 11.3 Å². The van der Waals surface area contributed by atoms with Crippen molar-refractivity contribution in [2.45, 2.75) is 92.4 Å². The maximum atomic E-state index is 11.0. The molecule has 3 nitrogen and oxygen atoms in total. The molecule has 0 radical (unpaired) electrons. The van der Waals surface area contributed by atoms with E-state index in [9.17, 15) is 4.79 Å². The number of carbonyl (C=O) groups is 1. The number of carboxylic acid groups (broad SMARTS) is 1. The number of rotatable bonds is 10. The van der Waals surface area contributed by atoms with Gasteiger partial charge in [0.25, 0.3) is 0 Å². The summed E-state index contributed by atoms with van der Waals surface area (Å²) in [6, 6.07) is 3.50. The topological polar surface area (TPSA) is 50.2 Å². The lowest BCUT2D eigenvalue weighted by Gasteiger charge is -2.35. The van der Waals surface area contributed by atoms with Crippen molar-refractivity contribution in [1.29, 1.82) is 0 Å². The van der Waals surface area contributed by atoms with Gasteiger partial charge < -0.3 is 5.11 Å². The monoisotopic (exact) mass is 397 g/mol. The summed E-state index contributed by atoms with van der Waals surface area (Å²) in [5.41, 5.74) is 6.47. The molecule has 1 unspecified atom stereocenters. The third kappa shape index (κ3) is 6.83. The SMILES string of the molecule is CCCCC1=C(CC)CC(C(C)(C)C)C=C1CCCCc1ccc(C(=O)O)cn1. The minimum atomic E-state index is -0.917. The molecule has 0 fully saturated rings. The van der Waals surface area contributed by atoms with Crippen molar-refractivity contribution in [3.8, 4) is 0 Å². The molecule has 0 aliphatic heterocycles. The maximum absolute atomic E-state index is 11.0. The van der Waals surface area contributed by atoms with E-state index in [4.69, 9.17) is 5.11 Å². The predicted octanol–water partition coefficient (Wildman–Crippen LogP) is 7.38. The molecule has 0 aromatic carbocycles. The zero-order chi connectivity index (χ0) is 21.4. The lowest BCUT2D eigenvalue weighted by atomic mass is 9.70. The first-order chi connectivity index (χ1) is 13.8. The van der Waals surface area contributed by atoms with Crippen LogP contribution in [-0.4, -0.2) is 16.1 Å². The highest BCUT2D eigenvalue weighted by atomic mass is 16.4. The second-order valence-electron chi connectivity index (χ2n) is 9.46. The van der Waals surface area contributed by atoms with Crippen LogP contribution in [-0.2, 0) is 6.42 Å². The summed E-state index contributed by atoms with van der Waals surface area (Å²) in [5, 5.41) is 8.99. The van der Waals surface area contributed by atoms with E-state index in [-0.39, 0.29) is 5.56 Å². The average Bonchev–Trinajstić information content (AvgIpc) is 2.69. The minimum absolute atomic E-state index is 0.257. The first-order valence-electron chi connectivity index (χ1n) is 11.4. The Hall–Kier alpha value is -1.90. The highest BCUT2D eigenvalue weighted by molar-refractivity contribution is 5.87. The van der Waals surface area contributed by atoms with Crippen LogP contribution in [0.15, 0.2) is 41.1 Å². The van der Waals surface area contributed by atoms with E-state index in [0.717, 1.165) is 31.4 Å². The van der Waals surface area contributed by atoms with Gasteiger partial charge in [-0.1, -0.05) is 52.7 Å². The van der Waals surface area contributed by atoms with Crippen molar-refractivity contribution < 1.29 is 9.90 Å². The Kier molecular flexibility index (Phi) is 8.67. The predicted molar refractivity (Wildman–Crippen MR) is 121 cm³/mol. The summed E-state index contributed by atoms with van der Waals surface area (Å²) in [7, 11) is 0. The number of allylic oxidation sites excluding steroid dienone is 4. The fraction of sp³-hybridized carbons (Fsp3) is 0.615. The first kappa shape index (κ1) is 23.4. The quantitative estimate of drug-likeness (QED) is 0.419. The van der Waals surface area contributed by atoms with Crippen LogP contribution in [0.3, 0.4) is 0 Å². The van der Waals surface area contributed by atoms with E-state index in [1.807, 2.05) is 6.07 Å². The maximum Gasteiger partial charge on any atom is 0.337 e. The van der Waals surface area contributed by atoms with Crippen LogP contribution >= 0.6 is 0 Å². The molecule has 0 saturated carbocycles. The number of aryl methyl sites for hydroxylation is 1. The summed E-state index contributed by atoms with van der Waals surface area (Å²) < 4.78 is 0. The Morgan fingerprint density at radius 1 is 1.10 bits per heavy atom. The smallest absolute Gasteiger partial charge is 0.337 e. The Bertz CT molecular complexity index is 735. The van der Waals surface area contributed by atoms with Crippen LogP contribution in [0.2, 0.25) is 0 Å². The largest absolute Gasteiger partial charge is 0.478 e. The fourth-order valence-corrected chi connectivity index (χ4v) is 4.18. The van der Waals surface area contributed by atoms with Gasteiger partial charge in [0.1, 0.15) is 0 Å². The van der Waals surface area contributed by atoms with Crippen LogP contribution in [0.4, 0.5) is 0 Å². The van der Waals surface area contributed by atoms with Crippen LogP contribution < -0.4 is 0 Å². The second-order valence-corrected chi connectivity index (χ2v) is 9.46. The van der Waals surface area contributed by atoms with Crippen molar-refractivity contribution in [2.75, 3.05) is 0 Å². The third-order valence-corrected chi connectivity index (χ3v) is 6.20. The summed E-state index contributed by atoms with van der Waals surface area (Å²) in [6.45, 7) is 11.7. The van der Waals surface area contributed by atoms with Gasteiger partial charge in [0, 0.05) is 11.9 Å². The number of hydrogen-bond donors (Lipinski definition) is 1. The first-order valence-corrected chi connectivity index (χ1v) is 11.4. The molecule has 3 heteroatoms. The molecular weight excluding hydrogens is 358 g/mol. The van der Waals surface area contributed by atoms with Gasteiger partial charge in [-0.05, 0) is 86.0 Å². The number of aromatic carboxylic acids is 1. The fourth-order valence-electron chi connectivity index (χ4n) is 4.18. The summed E-state index contributed by atoms with van der Waals surface area (Å²) in [4.78, 5) is 15.3. The summed E-state index contributed by atoms with van der Waals surface area (Å²) in [5.74, 6) is -0.289. The van der Waals surface area contributed by atoms with Crippen molar-refractivity contribution in [1.82, 2.24) is 4.98 Å². The van der Waals surface area contributed by atoms with E-state index in [1.165, 1.54) is 38.3 Å². The second kappa shape index (κ2) is 10.8. The molecule has 0 amide bonds. The molecule has 0 spiro atoms. The highest BCUT2D eigenvalue weighted by Crippen LogP contribution is 2.42. The van der Waals surface area contributed by atoms with E-state index < -0.39 is 5.97 Å². The lowest BCUT2D eigenvalue weighted by Crippen LogP contribution is -2.23. The third-order valence-electron chi connectivity index (χ3n) is 6.20. The van der Waals surface area contributed by atoms with Crippen molar-refractivity contribution in [3.05, 3.63) is 52.4 Å². The van der Waals surface area contributed by atoms with Gasteiger partial charge in [-0.3, -0.25) is 4.98 Å². The lowest BCUT2D eigenvalue weighted by molar-refractivity contribution is 0.0696. The van der Waals surface area contributed by atoms with E-state index in [2.05, 4.69) is 45.7 Å². The standard InChI is InChI=1S/C26H39NO2/c1-6-8-13-24-19(7-2)16-22(26(3,4)5)17-20(24)11-9-10-12-23-15-14-21(18-27-23)25(28)29/h14-15,17-18,22H,6-13,16H2,1-5H3,(H,28,29). The molecule has 2 rings (SSSR count). The van der Waals surface area contributed by atoms with Crippen LogP contribution in [0, 0.1) is 11.3 Å². The minimum Gasteiger partial charge on any atom is -0.478 e. The molecule has 1 N–H and O–H groups in total. The molecule has 1 aromatic heterocycles. The Morgan fingerprint density at radius 3 is 2.38 bits per heavy atom.